The third kappa shape index (κ3) is 7.42. The van der Waals surface area contributed by atoms with E-state index in [1.54, 1.807) is 11.8 Å². The van der Waals surface area contributed by atoms with Crippen molar-refractivity contribution in [2.75, 3.05) is 6.54 Å². The minimum Gasteiger partial charge on any atom is -0.355 e. The van der Waals surface area contributed by atoms with Crippen LogP contribution in [0.1, 0.15) is 47.5 Å². The zero-order valence-electron chi connectivity index (χ0n) is 11.6. The molecule has 0 aliphatic rings. The first-order valence-corrected chi connectivity index (χ1v) is 7.28. The van der Waals surface area contributed by atoms with Crippen LogP contribution < -0.4 is 5.32 Å². The molecule has 0 saturated heterocycles. The molecule has 0 radical (unpaired) electrons. The maximum atomic E-state index is 11.8. The summed E-state index contributed by atoms with van der Waals surface area (Å²) in [6, 6.07) is 0. The summed E-state index contributed by atoms with van der Waals surface area (Å²) in [5.74, 6) is 0.316. The van der Waals surface area contributed by atoms with Gasteiger partial charge in [-0.3, -0.25) is 9.59 Å². The first kappa shape index (κ1) is 16.5. The molecular formula is C13H25NO2S. The summed E-state index contributed by atoms with van der Waals surface area (Å²) in [5, 5.41) is 3.30. The monoisotopic (exact) mass is 259 g/mol. The molecule has 0 aromatic rings. The number of rotatable bonds is 8. The highest BCUT2D eigenvalue weighted by Gasteiger charge is 2.18. The second-order valence-electron chi connectivity index (χ2n) is 4.74. The van der Waals surface area contributed by atoms with Crippen LogP contribution in [0.2, 0.25) is 0 Å². The lowest BCUT2D eigenvalue weighted by Crippen LogP contribution is -2.34. The van der Waals surface area contributed by atoms with Gasteiger partial charge in [0.25, 0.3) is 0 Å². The maximum absolute atomic E-state index is 11.8. The Morgan fingerprint density at radius 1 is 1.18 bits per heavy atom. The highest BCUT2D eigenvalue weighted by Crippen LogP contribution is 2.19. The van der Waals surface area contributed by atoms with Crippen molar-refractivity contribution in [1.82, 2.24) is 5.32 Å². The fourth-order valence-corrected chi connectivity index (χ4v) is 2.44. The molecule has 0 aromatic carbocycles. The molecule has 1 amide bonds. The average Bonchev–Trinajstić information content (AvgIpc) is 2.24. The highest BCUT2D eigenvalue weighted by molar-refractivity contribution is 8.01. The molecule has 4 heteroatoms. The van der Waals surface area contributed by atoms with Crippen LogP contribution in [0.3, 0.4) is 0 Å². The zero-order chi connectivity index (χ0) is 13.4. The van der Waals surface area contributed by atoms with Gasteiger partial charge in [0.1, 0.15) is 5.78 Å². The quantitative estimate of drug-likeness (QED) is 0.729. The van der Waals surface area contributed by atoms with E-state index in [4.69, 9.17) is 0 Å². The molecule has 1 N–H and O–H groups in total. The van der Waals surface area contributed by atoms with Crippen molar-refractivity contribution in [3.05, 3.63) is 0 Å². The van der Waals surface area contributed by atoms with E-state index in [0.29, 0.717) is 18.2 Å². The normalized spacial score (nSPS) is 12.9. The molecule has 0 aromatic heterocycles. The van der Waals surface area contributed by atoms with Gasteiger partial charge in [-0.1, -0.05) is 34.6 Å². The van der Waals surface area contributed by atoms with Crippen LogP contribution >= 0.6 is 11.8 Å². The van der Waals surface area contributed by atoms with Crippen LogP contribution in [0, 0.1) is 5.92 Å². The zero-order valence-corrected chi connectivity index (χ0v) is 12.4. The molecule has 0 saturated carbocycles. The summed E-state index contributed by atoms with van der Waals surface area (Å²) in [6.45, 7) is 10.4. The van der Waals surface area contributed by atoms with E-state index < -0.39 is 0 Å². The van der Waals surface area contributed by atoms with Crippen LogP contribution in [0.4, 0.5) is 0 Å². The molecule has 100 valence electrons. The number of nitrogens with one attached hydrogen (secondary N) is 1. The first-order valence-electron chi connectivity index (χ1n) is 6.34. The minimum atomic E-state index is 0.00384. The number of amides is 1. The Hall–Kier alpha value is -0.510. The van der Waals surface area contributed by atoms with E-state index in [9.17, 15) is 9.59 Å². The van der Waals surface area contributed by atoms with Crippen molar-refractivity contribution in [3.63, 3.8) is 0 Å². The number of Topliss-reactive ketones (excluding diaryl/α,β-unsaturated/α-hetero) is 1. The molecule has 0 spiro atoms. The SMILES string of the molecule is CCC(SC(C)C)C(=O)NCCC(=O)C(C)C. The molecule has 1 atom stereocenters. The Bertz CT molecular complexity index is 252. The third-order valence-corrected chi connectivity index (χ3v) is 3.83. The lowest BCUT2D eigenvalue weighted by molar-refractivity contribution is -0.122. The Balaban J connectivity index is 3.95. The van der Waals surface area contributed by atoms with Gasteiger partial charge in [-0.2, -0.15) is 0 Å². The largest absolute Gasteiger partial charge is 0.355 e. The summed E-state index contributed by atoms with van der Waals surface area (Å²) in [5.41, 5.74) is 0. The first-order chi connectivity index (χ1) is 7.88. The molecule has 0 aliphatic heterocycles. The van der Waals surface area contributed by atoms with Gasteiger partial charge in [0, 0.05) is 18.9 Å². The molecule has 0 heterocycles. The number of hydrogen-bond donors (Lipinski definition) is 1. The number of carbonyl (C=O) groups is 2. The second-order valence-corrected chi connectivity index (χ2v) is 6.53. The smallest absolute Gasteiger partial charge is 0.233 e. The molecule has 0 bridgehead atoms. The average molecular weight is 259 g/mol. The van der Waals surface area contributed by atoms with Gasteiger partial charge >= 0.3 is 0 Å². The Kier molecular flexibility index (Phi) is 8.30. The predicted molar refractivity (Wildman–Crippen MR) is 74.3 cm³/mol. The highest BCUT2D eigenvalue weighted by atomic mass is 32.2. The second kappa shape index (κ2) is 8.56. The standard InChI is InChI=1S/C13H25NO2S/c1-6-12(17-10(4)5)13(16)14-8-7-11(15)9(2)3/h9-10,12H,6-8H2,1-5H3,(H,14,16). The number of carbonyl (C=O) groups excluding carboxylic acids is 2. The van der Waals surface area contributed by atoms with Gasteiger partial charge in [0.2, 0.25) is 5.91 Å². The summed E-state index contributed by atoms with van der Waals surface area (Å²) < 4.78 is 0. The number of ketones is 1. The topological polar surface area (TPSA) is 46.2 Å². The van der Waals surface area contributed by atoms with Crippen molar-refractivity contribution in [2.24, 2.45) is 5.92 Å². The van der Waals surface area contributed by atoms with Crippen LogP contribution in [0.15, 0.2) is 0 Å². The molecule has 1 unspecified atom stereocenters. The van der Waals surface area contributed by atoms with Gasteiger partial charge < -0.3 is 5.32 Å². The van der Waals surface area contributed by atoms with Gasteiger partial charge in [-0.05, 0) is 11.7 Å². The van der Waals surface area contributed by atoms with Gasteiger partial charge in [0.15, 0.2) is 0 Å². The van der Waals surface area contributed by atoms with Crippen LogP contribution in [-0.4, -0.2) is 28.7 Å². The lowest BCUT2D eigenvalue weighted by Gasteiger charge is -2.16. The van der Waals surface area contributed by atoms with Crippen molar-refractivity contribution in [3.8, 4) is 0 Å². The third-order valence-electron chi connectivity index (χ3n) is 2.41. The Morgan fingerprint density at radius 3 is 2.18 bits per heavy atom. The van der Waals surface area contributed by atoms with E-state index >= 15 is 0 Å². The van der Waals surface area contributed by atoms with Crippen molar-refractivity contribution in [2.45, 2.75) is 58.0 Å². The fraction of sp³-hybridized carbons (Fsp3) is 0.846. The van der Waals surface area contributed by atoms with Crippen LogP contribution in [0.5, 0.6) is 0 Å². The predicted octanol–water partition coefficient (Wildman–Crippen LogP) is 2.64. The van der Waals surface area contributed by atoms with E-state index in [-0.39, 0.29) is 22.9 Å². The molecule has 17 heavy (non-hydrogen) atoms. The van der Waals surface area contributed by atoms with Crippen LogP contribution in [0.25, 0.3) is 0 Å². The maximum Gasteiger partial charge on any atom is 0.233 e. The molecular weight excluding hydrogens is 234 g/mol. The summed E-state index contributed by atoms with van der Waals surface area (Å²) in [6.07, 6.45) is 1.26. The lowest BCUT2D eigenvalue weighted by atomic mass is 10.1. The van der Waals surface area contributed by atoms with Crippen molar-refractivity contribution >= 4 is 23.5 Å². The minimum absolute atomic E-state index is 0.00384. The molecule has 0 fully saturated rings. The molecule has 3 nitrogen and oxygen atoms in total. The Labute approximate surface area is 109 Å². The molecule has 0 rings (SSSR count). The number of hydrogen-bond acceptors (Lipinski definition) is 3. The van der Waals surface area contributed by atoms with E-state index in [1.165, 1.54) is 0 Å². The van der Waals surface area contributed by atoms with Gasteiger partial charge in [-0.25, -0.2) is 0 Å². The summed E-state index contributed by atoms with van der Waals surface area (Å²) in [7, 11) is 0. The van der Waals surface area contributed by atoms with Gasteiger partial charge in [-0.15, -0.1) is 11.8 Å². The van der Waals surface area contributed by atoms with Crippen LogP contribution in [-0.2, 0) is 9.59 Å². The van der Waals surface area contributed by atoms with Gasteiger partial charge in [0.05, 0.1) is 5.25 Å². The van der Waals surface area contributed by atoms with Crippen molar-refractivity contribution < 1.29 is 9.59 Å². The van der Waals surface area contributed by atoms with E-state index in [0.717, 1.165) is 6.42 Å². The van der Waals surface area contributed by atoms with E-state index in [2.05, 4.69) is 19.2 Å². The Morgan fingerprint density at radius 2 is 1.76 bits per heavy atom. The number of thioether (sulfide) groups is 1. The summed E-state index contributed by atoms with van der Waals surface area (Å²) >= 11 is 1.68. The molecule has 0 aliphatic carbocycles. The van der Waals surface area contributed by atoms with E-state index in [1.807, 2.05) is 20.8 Å². The van der Waals surface area contributed by atoms with Crippen molar-refractivity contribution in [1.29, 1.82) is 0 Å². The summed E-state index contributed by atoms with van der Waals surface area (Å²) in [4.78, 5) is 23.2. The fourth-order valence-electron chi connectivity index (χ4n) is 1.38.